The van der Waals surface area contributed by atoms with Crippen LogP contribution in [0.3, 0.4) is 0 Å². The minimum absolute atomic E-state index is 0.165. The van der Waals surface area contributed by atoms with Gasteiger partial charge < -0.3 is 5.11 Å². The summed E-state index contributed by atoms with van der Waals surface area (Å²) in [7, 11) is 1.65. The number of carboxylic acids is 1. The molecule has 0 radical (unpaired) electrons. The molecule has 1 amide bonds. The molecule has 0 aliphatic carbocycles. The number of aromatic carboxylic acids is 1. The van der Waals surface area contributed by atoms with Crippen LogP contribution in [0.1, 0.15) is 20.9 Å². The lowest BCUT2D eigenvalue weighted by Gasteiger charge is -2.05. The number of rotatable bonds is 3. The normalized spacial score (nSPS) is 17.9. The van der Waals surface area contributed by atoms with E-state index in [0.29, 0.717) is 15.2 Å². The molecule has 2 aromatic rings. The molecule has 122 valence electrons. The van der Waals surface area contributed by atoms with E-state index in [4.69, 9.17) is 5.11 Å². The number of hydrogen-bond acceptors (Lipinski definition) is 7. The maximum absolute atomic E-state index is 12.3. The van der Waals surface area contributed by atoms with Gasteiger partial charge in [0.15, 0.2) is 5.17 Å². The van der Waals surface area contributed by atoms with Gasteiger partial charge >= 0.3 is 5.97 Å². The molecule has 1 aliphatic heterocycles. The predicted molar refractivity (Wildman–Crippen MR) is 93.5 cm³/mol. The van der Waals surface area contributed by atoms with Crippen molar-refractivity contribution >= 4 is 51.4 Å². The summed E-state index contributed by atoms with van der Waals surface area (Å²) < 4.78 is 0. The Morgan fingerprint density at radius 3 is 2.58 bits per heavy atom. The van der Waals surface area contributed by atoms with E-state index < -0.39 is 5.97 Å². The van der Waals surface area contributed by atoms with Gasteiger partial charge in [-0.15, -0.1) is 10.2 Å². The van der Waals surface area contributed by atoms with E-state index in [1.807, 2.05) is 6.92 Å². The summed E-state index contributed by atoms with van der Waals surface area (Å²) in [5, 5.41) is 18.6. The molecule has 9 heteroatoms. The van der Waals surface area contributed by atoms with Gasteiger partial charge in [0.1, 0.15) is 5.01 Å². The van der Waals surface area contributed by atoms with Crippen molar-refractivity contribution in [3.63, 3.8) is 0 Å². The van der Waals surface area contributed by atoms with Crippen LogP contribution in [-0.2, 0) is 4.79 Å². The van der Waals surface area contributed by atoms with Crippen molar-refractivity contribution in [1.29, 1.82) is 0 Å². The molecule has 1 N–H and O–H groups in total. The molecule has 1 aliphatic rings. The number of carbonyl (C=O) groups excluding carboxylic acids is 1. The number of likely N-dealkylation sites (N-methyl/N-ethyl adjacent to an activating group) is 1. The molecule has 1 saturated heterocycles. The first-order valence-corrected chi connectivity index (χ1v) is 8.47. The summed E-state index contributed by atoms with van der Waals surface area (Å²) in [6.45, 7) is 1.84. The lowest BCUT2D eigenvalue weighted by molar-refractivity contribution is -0.121. The van der Waals surface area contributed by atoms with Crippen molar-refractivity contribution in [1.82, 2.24) is 15.1 Å². The van der Waals surface area contributed by atoms with E-state index in [1.165, 1.54) is 40.1 Å². The third kappa shape index (κ3) is 3.36. The summed E-state index contributed by atoms with van der Waals surface area (Å²) in [4.78, 5) is 29.5. The minimum atomic E-state index is -0.984. The molecule has 1 fully saturated rings. The van der Waals surface area contributed by atoms with Gasteiger partial charge in [-0.05, 0) is 42.5 Å². The van der Waals surface area contributed by atoms with Gasteiger partial charge in [-0.2, -0.15) is 4.99 Å². The summed E-state index contributed by atoms with van der Waals surface area (Å²) in [5.74, 6) is -1.15. The summed E-state index contributed by atoms with van der Waals surface area (Å²) in [6, 6.07) is 6.32. The number of carbonyl (C=O) groups is 2. The fourth-order valence-electron chi connectivity index (χ4n) is 1.94. The highest BCUT2D eigenvalue weighted by atomic mass is 32.2. The number of aromatic nitrogens is 2. The summed E-state index contributed by atoms with van der Waals surface area (Å²) in [5.41, 5.74) is 0.950. The van der Waals surface area contributed by atoms with Gasteiger partial charge in [-0.3, -0.25) is 9.69 Å². The van der Waals surface area contributed by atoms with Crippen molar-refractivity contribution in [2.75, 3.05) is 7.05 Å². The van der Waals surface area contributed by atoms with Gasteiger partial charge in [0, 0.05) is 7.05 Å². The minimum Gasteiger partial charge on any atom is -0.478 e. The van der Waals surface area contributed by atoms with Crippen molar-refractivity contribution in [3.8, 4) is 0 Å². The molecule has 0 bridgehead atoms. The van der Waals surface area contributed by atoms with Crippen LogP contribution in [0.5, 0.6) is 0 Å². The Bertz CT molecular complexity index is 871. The maximum atomic E-state index is 12.3. The maximum Gasteiger partial charge on any atom is 0.335 e. The zero-order valence-corrected chi connectivity index (χ0v) is 14.4. The molecule has 3 rings (SSSR count). The number of aryl methyl sites for hydroxylation is 1. The number of thioether (sulfide) groups is 1. The molecule has 24 heavy (non-hydrogen) atoms. The Hall–Kier alpha value is -2.52. The summed E-state index contributed by atoms with van der Waals surface area (Å²) >= 11 is 2.60. The molecule has 0 saturated carbocycles. The molecular formula is C15H12N4O3S2. The highest BCUT2D eigenvalue weighted by Gasteiger charge is 2.30. The molecule has 1 aromatic carbocycles. The van der Waals surface area contributed by atoms with Gasteiger partial charge in [-0.25, -0.2) is 4.79 Å². The van der Waals surface area contributed by atoms with Crippen molar-refractivity contribution < 1.29 is 14.7 Å². The Morgan fingerprint density at radius 1 is 1.29 bits per heavy atom. The van der Waals surface area contributed by atoms with Crippen LogP contribution in [0.15, 0.2) is 34.2 Å². The number of nitrogens with zero attached hydrogens (tertiary/aromatic N) is 4. The molecule has 0 atom stereocenters. The van der Waals surface area contributed by atoms with E-state index in [9.17, 15) is 9.59 Å². The number of carboxylic acid groups (broad SMARTS) is 1. The molecule has 7 nitrogen and oxygen atoms in total. The quantitative estimate of drug-likeness (QED) is 0.846. The number of amides is 1. The van der Waals surface area contributed by atoms with E-state index in [-0.39, 0.29) is 11.5 Å². The summed E-state index contributed by atoms with van der Waals surface area (Å²) in [6.07, 6.45) is 1.71. The second-order valence-electron chi connectivity index (χ2n) is 4.90. The fourth-order valence-corrected chi connectivity index (χ4v) is 3.52. The average Bonchev–Trinajstić information content (AvgIpc) is 3.07. The van der Waals surface area contributed by atoms with E-state index in [0.717, 1.165) is 10.6 Å². The van der Waals surface area contributed by atoms with Crippen LogP contribution in [0.25, 0.3) is 6.08 Å². The predicted octanol–water partition coefficient (Wildman–Crippen LogP) is 2.78. The Kier molecular flexibility index (Phi) is 4.45. The first-order valence-electron chi connectivity index (χ1n) is 6.84. The molecule has 0 unspecified atom stereocenters. The van der Waals surface area contributed by atoms with Crippen molar-refractivity contribution in [3.05, 3.63) is 45.3 Å². The molecule has 2 heterocycles. The first kappa shape index (κ1) is 16.3. The number of aliphatic imine (C=N–C) groups is 1. The van der Waals surface area contributed by atoms with Gasteiger partial charge in [0.2, 0.25) is 5.13 Å². The van der Waals surface area contributed by atoms with Crippen LogP contribution >= 0.6 is 23.1 Å². The zero-order chi connectivity index (χ0) is 17.3. The second kappa shape index (κ2) is 6.54. The van der Waals surface area contributed by atoms with Crippen LogP contribution in [0, 0.1) is 6.92 Å². The van der Waals surface area contributed by atoms with Gasteiger partial charge in [0.05, 0.1) is 10.5 Å². The Labute approximate surface area is 145 Å². The lowest BCUT2D eigenvalue weighted by atomic mass is 10.1. The Morgan fingerprint density at radius 2 is 2.00 bits per heavy atom. The van der Waals surface area contributed by atoms with Crippen LogP contribution in [0.2, 0.25) is 0 Å². The van der Waals surface area contributed by atoms with Crippen LogP contribution in [0.4, 0.5) is 5.13 Å². The third-order valence-electron chi connectivity index (χ3n) is 3.17. The van der Waals surface area contributed by atoms with Crippen molar-refractivity contribution in [2.45, 2.75) is 6.92 Å². The first-order chi connectivity index (χ1) is 11.4. The van der Waals surface area contributed by atoms with Crippen LogP contribution in [-0.4, -0.2) is 44.3 Å². The largest absolute Gasteiger partial charge is 0.478 e. The van der Waals surface area contributed by atoms with Gasteiger partial charge in [0.25, 0.3) is 5.91 Å². The molecule has 1 aromatic heterocycles. The topological polar surface area (TPSA) is 95.7 Å². The second-order valence-corrected chi connectivity index (χ2v) is 7.07. The highest BCUT2D eigenvalue weighted by molar-refractivity contribution is 8.18. The number of amidine groups is 1. The lowest BCUT2D eigenvalue weighted by Crippen LogP contribution is -2.23. The highest BCUT2D eigenvalue weighted by Crippen LogP contribution is 2.33. The molecular weight excluding hydrogens is 348 g/mol. The average molecular weight is 360 g/mol. The Balaban J connectivity index is 1.85. The smallest absolute Gasteiger partial charge is 0.335 e. The SMILES string of the molecule is Cc1nnc(N=C2S/C(=C\c3ccc(C(=O)O)cc3)C(=O)N2C)s1. The van der Waals surface area contributed by atoms with Gasteiger partial charge in [-0.1, -0.05) is 23.5 Å². The monoisotopic (exact) mass is 360 g/mol. The number of benzene rings is 1. The van der Waals surface area contributed by atoms with Crippen molar-refractivity contribution in [2.24, 2.45) is 4.99 Å². The standard InChI is InChI=1S/C15H12N4O3S2/c1-8-17-18-14(23-8)16-15-19(2)12(20)11(24-15)7-9-3-5-10(6-4-9)13(21)22/h3-7H,1-2H3,(H,21,22)/b11-7-,16-15?. The number of hydrogen-bond donors (Lipinski definition) is 1. The zero-order valence-electron chi connectivity index (χ0n) is 12.8. The fraction of sp³-hybridized carbons (Fsp3) is 0.133. The van der Waals surface area contributed by atoms with Crippen LogP contribution < -0.4 is 0 Å². The van der Waals surface area contributed by atoms with E-state index >= 15 is 0 Å². The van der Waals surface area contributed by atoms with E-state index in [2.05, 4.69) is 15.2 Å². The third-order valence-corrected chi connectivity index (χ3v) is 4.96. The molecule has 0 spiro atoms. The van der Waals surface area contributed by atoms with E-state index in [1.54, 1.807) is 25.3 Å².